The number of hydrogen-bond donors (Lipinski definition) is 1. The van der Waals surface area contributed by atoms with Crippen LogP contribution >= 0.6 is 0 Å². The summed E-state index contributed by atoms with van der Waals surface area (Å²) in [5, 5.41) is 2.75. The molecule has 2 aliphatic carbocycles. The van der Waals surface area contributed by atoms with Gasteiger partial charge in [-0.25, -0.2) is 0 Å². The third-order valence-electron chi connectivity index (χ3n) is 3.32. The summed E-state index contributed by atoms with van der Waals surface area (Å²) in [7, 11) is 1.74. The van der Waals surface area contributed by atoms with Crippen LogP contribution in [0.4, 0.5) is 0 Å². The van der Waals surface area contributed by atoms with Crippen LogP contribution in [0.15, 0.2) is 0 Å². The first-order valence-corrected chi connectivity index (χ1v) is 4.53. The van der Waals surface area contributed by atoms with Crippen molar-refractivity contribution in [2.24, 2.45) is 17.8 Å². The highest BCUT2D eigenvalue weighted by Gasteiger charge is 2.42. The van der Waals surface area contributed by atoms with Crippen LogP contribution in [0.5, 0.6) is 0 Å². The maximum Gasteiger partial charge on any atom is 0.223 e. The fraction of sp³-hybridized carbons (Fsp3) is 0.889. The molecule has 0 aliphatic heterocycles. The molecule has 0 aromatic carbocycles. The van der Waals surface area contributed by atoms with Crippen LogP contribution in [0.25, 0.3) is 0 Å². The van der Waals surface area contributed by atoms with Crippen LogP contribution in [0.3, 0.4) is 0 Å². The van der Waals surface area contributed by atoms with Gasteiger partial charge in [0.05, 0.1) is 0 Å². The zero-order chi connectivity index (χ0) is 7.84. The zero-order valence-electron chi connectivity index (χ0n) is 6.97. The van der Waals surface area contributed by atoms with Crippen molar-refractivity contribution in [2.75, 3.05) is 7.05 Å². The monoisotopic (exact) mass is 153 g/mol. The highest BCUT2D eigenvalue weighted by molar-refractivity contribution is 5.79. The van der Waals surface area contributed by atoms with Gasteiger partial charge in [0, 0.05) is 13.0 Å². The van der Waals surface area contributed by atoms with Crippen molar-refractivity contribution >= 4 is 5.91 Å². The molecule has 0 spiro atoms. The van der Waals surface area contributed by atoms with Crippen LogP contribution < -0.4 is 5.32 Å². The van der Waals surface area contributed by atoms with Gasteiger partial charge in [-0.15, -0.1) is 0 Å². The fourth-order valence-corrected chi connectivity index (χ4v) is 2.75. The van der Waals surface area contributed by atoms with Crippen LogP contribution in [0.2, 0.25) is 0 Å². The van der Waals surface area contributed by atoms with Crippen LogP contribution in [0.1, 0.15) is 25.7 Å². The Morgan fingerprint density at radius 1 is 1.36 bits per heavy atom. The highest BCUT2D eigenvalue weighted by atomic mass is 16.1. The number of hydrogen-bond acceptors (Lipinski definition) is 1. The maximum absolute atomic E-state index is 11.3. The molecule has 3 atom stereocenters. The Morgan fingerprint density at radius 3 is 2.64 bits per heavy atom. The molecule has 2 bridgehead atoms. The SMILES string of the molecule is CNC(=O)[C@H]1C[C@@H]2CC[C@H]1C2. The molecule has 62 valence electrons. The summed E-state index contributed by atoms with van der Waals surface area (Å²) in [6.45, 7) is 0. The van der Waals surface area contributed by atoms with Gasteiger partial charge in [-0.05, 0) is 31.1 Å². The smallest absolute Gasteiger partial charge is 0.223 e. The average molecular weight is 153 g/mol. The lowest BCUT2D eigenvalue weighted by molar-refractivity contribution is -0.126. The van der Waals surface area contributed by atoms with E-state index < -0.39 is 0 Å². The molecular formula is C9H15NO. The number of fused-ring (bicyclic) bond motifs is 2. The normalized spacial score (nSPS) is 41.0. The molecule has 0 heterocycles. The van der Waals surface area contributed by atoms with Gasteiger partial charge in [0.25, 0.3) is 0 Å². The topological polar surface area (TPSA) is 29.1 Å². The third kappa shape index (κ3) is 1.05. The Labute approximate surface area is 67.4 Å². The Balaban J connectivity index is 2.02. The van der Waals surface area contributed by atoms with Gasteiger partial charge in [-0.2, -0.15) is 0 Å². The Morgan fingerprint density at radius 2 is 2.18 bits per heavy atom. The van der Waals surface area contributed by atoms with E-state index in [1.54, 1.807) is 7.05 Å². The lowest BCUT2D eigenvalue weighted by atomic mass is 9.88. The molecule has 1 amide bonds. The number of rotatable bonds is 1. The molecule has 1 N–H and O–H groups in total. The predicted octanol–water partition coefficient (Wildman–Crippen LogP) is 1.17. The van der Waals surface area contributed by atoms with E-state index in [1.165, 1.54) is 19.3 Å². The number of nitrogens with one attached hydrogen (secondary N) is 1. The Hall–Kier alpha value is -0.530. The second-order valence-electron chi connectivity index (χ2n) is 3.90. The highest BCUT2D eigenvalue weighted by Crippen LogP contribution is 2.48. The second kappa shape index (κ2) is 2.50. The predicted molar refractivity (Wildman–Crippen MR) is 43.0 cm³/mol. The van der Waals surface area contributed by atoms with Gasteiger partial charge >= 0.3 is 0 Å². The molecule has 0 saturated heterocycles. The first-order valence-electron chi connectivity index (χ1n) is 4.53. The number of carbonyl (C=O) groups is 1. The fourth-order valence-electron chi connectivity index (χ4n) is 2.75. The number of amides is 1. The summed E-state index contributed by atoms with van der Waals surface area (Å²) in [4.78, 5) is 11.3. The van der Waals surface area contributed by atoms with Gasteiger partial charge in [-0.3, -0.25) is 4.79 Å². The molecule has 0 aromatic rings. The molecule has 0 radical (unpaired) electrons. The summed E-state index contributed by atoms with van der Waals surface area (Å²) in [6, 6.07) is 0. The maximum atomic E-state index is 11.3. The van der Waals surface area contributed by atoms with E-state index >= 15 is 0 Å². The molecule has 2 heteroatoms. The van der Waals surface area contributed by atoms with Gasteiger partial charge in [0.2, 0.25) is 5.91 Å². The van der Waals surface area contributed by atoms with Crippen molar-refractivity contribution in [3.05, 3.63) is 0 Å². The molecule has 2 nitrogen and oxygen atoms in total. The van der Waals surface area contributed by atoms with Crippen molar-refractivity contribution in [1.82, 2.24) is 5.32 Å². The molecule has 0 unspecified atom stereocenters. The van der Waals surface area contributed by atoms with Crippen molar-refractivity contribution in [3.63, 3.8) is 0 Å². The van der Waals surface area contributed by atoms with Gasteiger partial charge in [0.15, 0.2) is 0 Å². The summed E-state index contributed by atoms with van der Waals surface area (Å²) < 4.78 is 0. The third-order valence-corrected chi connectivity index (χ3v) is 3.32. The molecule has 2 saturated carbocycles. The van der Waals surface area contributed by atoms with Crippen molar-refractivity contribution < 1.29 is 4.79 Å². The van der Waals surface area contributed by atoms with Crippen molar-refractivity contribution in [2.45, 2.75) is 25.7 Å². The van der Waals surface area contributed by atoms with E-state index in [1.807, 2.05) is 0 Å². The van der Waals surface area contributed by atoms with E-state index in [-0.39, 0.29) is 5.91 Å². The minimum atomic E-state index is 0.275. The molecule has 11 heavy (non-hydrogen) atoms. The van der Waals surface area contributed by atoms with E-state index in [0.29, 0.717) is 5.92 Å². The summed E-state index contributed by atoms with van der Waals surface area (Å²) in [5.41, 5.74) is 0. The quantitative estimate of drug-likeness (QED) is 0.602. The van der Waals surface area contributed by atoms with E-state index in [0.717, 1.165) is 18.3 Å². The summed E-state index contributed by atoms with van der Waals surface area (Å²) in [5.74, 6) is 2.23. The summed E-state index contributed by atoms with van der Waals surface area (Å²) in [6.07, 6.45) is 5.14. The molecule has 2 aliphatic rings. The molecule has 2 rings (SSSR count). The zero-order valence-corrected chi connectivity index (χ0v) is 6.97. The first-order chi connectivity index (χ1) is 5.31. The van der Waals surface area contributed by atoms with E-state index in [4.69, 9.17) is 0 Å². The molecule has 2 fully saturated rings. The minimum Gasteiger partial charge on any atom is -0.359 e. The van der Waals surface area contributed by atoms with Crippen molar-refractivity contribution in [3.8, 4) is 0 Å². The van der Waals surface area contributed by atoms with Crippen LogP contribution in [-0.4, -0.2) is 13.0 Å². The lowest BCUT2D eigenvalue weighted by Crippen LogP contribution is -2.30. The van der Waals surface area contributed by atoms with Gasteiger partial charge in [0.1, 0.15) is 0 Å². The van der Waals surface area contributed by atoms with Crippen molar-refractivity contribution in [1.29, 1.82) is 0 Å². The first kappa shape index (κ1) is 7.14. The van der Waals surface area contributed by atoms with E-state index in [9.17, 15) is 4.79 Å². The lowest BCUT2D eigenvalue weighted by Gasteiger charge is -2.19. The van der Waals surface area contributed by atoms with E-state index in [2.05, 4.69) is 5.32 Å². The summed E-state index contributed by atoms with van der Waals surface area (Å²) >= 11 is 0. The molecule has 0 aromatic heterocycles. The minimum absolute atomic E-state index is 0.275. The largest absolute Gasteiger partial charge is 0.359 e. The number of carbonyl (C=O) groups excluding carboxylic acids is 1. The standard InChI is InChI=1S/C9H15NO/c1-10-9(11)8-5-6-2-3-7(8)4-6/h6-8H,2-5H2,1H3,(H,10,11)/t6-,7+,8+/m1/s1. The van der Waals surface area contributed by atoms with Crippen LogP contribution in [-0.2, 0) is 4.79 Å². The van der Waals surface area contributed by atoms with Crippen LogP contribution in [0, 0.1) is 17.8 Å². The van der Waals surface area contributed by atoms with Gasteiger partial charge in [-0.1, -0.05) is 6.42 Å². The average Bonchev–Trinajstić information content (AvgIpc) is 2.62. The van der Waals surface area contributed by atoms with Gasteiger partial charge < -0.3 is 5.32 Å². The molecular weight excluding hydrogens is 138 g/mol. The Bertz CT molecular complexity index is 178. The second-order valence-corrected chi connectivity index (χ2v) is 3.90. The Kier molecular flexibility index (Phi) is 1.63.